The number of fused-ring (bicyclic) bond motifs is 1. The molecular formula is C15H21NO3. The molecule has 1 saturated heterocycles. The lowest BCUT2D eigenvalue weighted by Crippen LogP contribution is -2.25. The minimum absolute atomic E-state index is 0.563. The summed E-state index contributed by atoms with van der Waals surface area (Å²) in [4.78, 5) is 0. The Bertz CT molecular complexity index is 441. The first-order valence-electron chi connectivity index (χ1n) is 7.01. The molecule has 0 aliphatic carbocycles. The zero-order valence-electron chi connectivity index (χ0n) is 11.4. The second kappa shape index (κ2) is 5.80. The zero-order chi connectivity index (χ0) is 13.1. The summed E-state index contributed by atoms with van der Waals surface area (Å²) in [6.45, 7) is 2.95. The summed E-state index contributed by atoms with van der Waals surface area (Å²) in [5, 5.41) is 3.53. The predicted molar refractivity (Wildman–Crippen MR) is 72.9 cm³/mol. The number of hydrogen-bond acceptors (Lipinski definition) is 4. The fourth-order valence-corrected chi connectivity index (χ4v) is 2.87. The molecule has 0 saturated carbocycles. The van der Waals surface area contributed by atoms with Gasteiger partial charge in [0, 0.05) is 18.7 Å². The maximum absolute atomic E-state index is 5.84. The largest absolute Gasteiger partial charge is 0.486 e. The molecule has 2 aliphatic heterocycles. The minimum atomic E-state index is 0.563. The molecule has 1 aromatic rings. The highest BCUT2D eigenvalue weighted by Crippen LogP contribution is 2.38. The van der Waals surface area contributed by atoms with Crippen molar-refractivity contribution >= 4 is 0 Å². The molecule has 0 aromatic heterocycles. The Morgan fingerprint density at radius 2 is 1.95 bits per heavy atom. The third-order valence-electron chi connectivity index (χ3n) is 3.78. The van der Waals surface area contributed by atoms with E-state index in [-0.39, 0.29) is 0 Å². The number of rotatable bonds is 4. The Labute approximate surface area is 114 Å². The van der Waals surface area contributed by atoms with E-state index in [1.165, 1.54) is 18.4 Å². The fourth-order valence-electron chi connectivity index (χ4n) is 2.87. The fraction of sp³-hybridized carbons (Fsp3) is 0.600. The van der Waals surface area contributed by atoms with Crippen LogP contribution < -0.4 is 14.8 Å². The zero-order valence-corrected chi connectivity index (χ0v) is 11.4. The standard InChI is InChI=1S/C15H21NO3/c1-17-10-12-5-4-11(9-13-3-2-6-16-13)14-15(12)19-8-7-18-14/h4-5,13,16H,2-3,6-10H2,1H3. The van der Waals surface area contributed by atoms with Gasteiger partial charge in [-0.05, 0) is 31.4 Å². The molecule has 0 amide bonds. The maximum Gasteiger partial charge on any atom is 0.167 e. The molecule has 1 fully saturated rings. The van der Waals surface area contributed by atoms with E-state index in [9.17, 15) is 0 Å². The lowest BCUT2D eigenvalue weighted by molar-refractivity contribution is 0.152. The van der Waals surface area contributed by atoms with Crippen molar-refractivity contribution in [2.24, 2.45) is 0 Å². The first-order valence-corrected chi connectivity index (χ1v) is 7.01. The number of benzene rings is 1. The predicted octanol–water partition coefficient (Wildman–Crippen LogP) is 1.90. The average molecular weight is 263 g/mol. The molecule has 3 rings (SSSR count). The van der Waals surface area contributed by atoms with Crippen molar-refractivity contribution in [2.45, 2.75) is 31.9 Å². The van der Waals surface area contributed by atoms with E-state index in [1.54, 1.807) is 7.11 Å². The normalized spacial score (nSPS) is 21.6. The Kier molecular flexibility index (Phi) is 3.89. The van der Waals surface area contributed by atoms with Gasteiger partial charge in [0.25, 0.3) is 0 Å². The molecule has 104 valence electrons. The number of nitrogens with one attached hydrogen (secondary N) is 1. The van der Waals surface area contributed by atoms with Crippen LogP contribution in [0, 0.1) is 0 Å². The highest BCUT2D eigenvalue weighted by molar-refractivity contribution is 5.53. The van der Waals surface area contributed by atoms with Crippen LogP contribution in [0.4, 0.5) is 0 Å². The van der Waals surface area contributed by atoms with E-state index in [0.717, 1.165) is 30.0 Å². The van der Waals surface area contributed by atoms with Crippen LogP contribution in [0.5, 0.6) is 11.5 Å². The van der Waals surface area contributed by atoms with E-state index in [1.807, 2.05) is 0 Å². The summed E-state index contributed by atoms with van der Waals surface area (Å²) in [5.74, 6) is 1.80. The molecular weight excluding hydrogens is 242 g/mol. The molecule has 4 nitrogen and oxygen atoms in total. The van der Waals surface area contributed by atoms with E-state index in [2.05, 4.69) is 17.4 Å². The van der Waals surface area contributed by atoms with Crippen LogP contribution in [0.1, 0.15) is 24.0 Å². The van der Waals surface area contributed by atoms with Gasteiger partial charge in [-0.2, -0.15) is 0 Å². The topological polar surface area (TPSA) is 39.7 Å². The van der Waals surface area contributed by atoms with Crippen molar-refractivity contribution < 1.29 is 14.2 Å². The second-order valence-electron chi connectivity index (χ2n) is 5.17. The summed E-state index contributed by atoms with van der Waals surface area (Å²) in [5.41, 5.74) is 2.31. The van der Waals surface area contributed by atoms with Crippen LogP contribution in [0.3, 0.4) is 0 Å². The van der Waals surface area contributed by atoms with Gasteiger partial charge in [-0.3, -0.25) is 0 Å². The minimum Gasteiger partial charge on any atom is -0.486 e. The van der Waals surface area contributed by atoms with Gasteiger partial charge in [-0.15, -0.1) is 0 Å². The Morgan fingerprint density at radius 3 is 2.63 bits per heavy atom. The monoisotopic (exact) mass is 263 g/mol. The van der Waals surface area contributed by atoms with Crippen LogP contribution in [0.2, 0.25) is 0 Å². The molecule has 0 bridgehead atoms. The first-order chi connectivity index (χ1) is 9.38. The summed E-state index contributed by atoms with van der Waals surface area (Å²) in [7, 11) is 1.70. The number of hydrogen-bond donors (Lipinski definition) is 1. The summed E-state index contributed by atoms with van der Waals surface area (Å²) < 4.78 is 16.8. The van der Waals surface area contributed by atoms with Gasteiger partial charge < -0.3 is 19.5 Å². The van der Waals surface area contributed by atoms with Crippen molar-refractivity contribution in [3.63, 3.8) is 0 Å². The SMILES string of the molecule is COCc1ccc(CC2CCCN2)c2c1OCCO2. The molecule has 1 unspecified atom stereocenters. The Hall–Kier alpha value is -1.26. The molecule has 1 atom stereocenters. The summed E-state index contributed by atoms with van der Waals surface area (Å²) >= 11 is 0. The van der Waals surface area contributed by atoms with E-state index in [0.29, 0.717) is 25.9 Å². The van der Waals surface area contributed by atoms with Gasteiger partial charge in [0.05, 0.1) is 6.61 Å². The molecule has 2 heterocycles. The highest BCUT2D eigenvalue weighted by Gasteiger charge is 2.23. The molecule has 0 spiro atoms. The number of ether oxygens (including phenoxy) is 3. The van der Waals surface area contributed by atoms with Gasteiger partial charge in [-0.1, -0.05) is 12.1 Å². The molecule has 4 heteroatoms. The van der Waals surface area contributed by atoms with Gasteiger partial charge >= 0.3 is 0 Å². The first kappa shape index (κ1) is 12.8. The van der Waals surface area contributed by atoms with Crippen molar-refractivity contribution in [1.82, 2.24) is 5.32 Å². The van der Waals surface area contributed by atoms with E-state index < -0.39 is 0 Å². The van der Waals surface area contributed by atoms with Crippen molar-refractivity contribution in [1.29, 1.82) is 0 Å². The molecule has 2 aliphatic rings. The third-order valence-corrected chi connectivity index (χ3v) is 3.78. The van der Waals surface area contributed by atoms with Crippen LogP contribution >= 0.6 is 0 Å². The Balaban J connectivity index is 1.87. The smallest absolute Gasteiger partial charge is 0.167 e. The van der Waals surface area contributed by atoms with Crippen LogP contribution in [0.15, 0.2) is 12.1 Å². The van der Waals surface area contributed by atoms with E-state index in [4.69, 9.17) is 14.2 Å². The molecule has 1 aromatic carbocycles. The van der Waals surface area contributed by atoms with Gasteiger partial charge in [0.15, 0.2) is 11.5 Å². The molecule has 19 heavy (non-hydrogen) atoms. The van der Waals surface area contributed by atoms with Crippen LogP contribution in [0.25, 0.3) is 0 Å². The molecule has 1 N–H and O–H groups in total. The van der Waals surface area contributed by atoms with Crippen LogP contribution in [-0.4, -0.2) is 32.9 Å². The lowest BCUT2D eigenvalue weighted by Gasteiger charge is -2.24. The maximum atomic E-state index is 5.84. The summed E-state index contributed by atoms with van der Waals surface area (Å²) in [6, 6.07) is 4.83. The van der Waals surface area contributed by atoms with E-state index >= 15 is 0 Å². The average Bonchev–Trinajstić information content (AvgIpc) is 2.95. The van der Waals surface area contributed by atoms with Gasteiger partial charge in [-0.25, -0.2) is 0 Å². The van der Waals surface area contributed by atoms with Crippen molar-refractivity contribution in [3.8, 4) is 11.5 Å². The highest BCUT2D eigenvalue weighted by atomic mass is 16.6. The second-order valence-corrected chi connectivity index (χ2v) is 5.17. The quantitative estimate of drug-likeness (QED) is 0.900. The summed E-state index contributed by atoms with van der Waals surface area (Å²) in [6.07, 6.45) is 3.53. The Morgan fingerprint density at radius 1 is 1.21 bits per heavy atom. The van der Waals surface area contributed by atoms with Crippen molar-refractivity contribution in [3.05, 3.63) is 23.3 Å². The molecule has 0 radical (unpaired) electrons. The van der Waals surface area contributed by atoms with Gasteiger partial charge in [0.2, 0.25) is 0 Å². The van der Waals surface area contributed by atoms with Crippen molar-refractivity contribution in [2.75, 3.05) is 26.9 Å². The van der Waals surface area contributed by atoms with Gasteiger partial charge in [0.1, 0.15) is 13.2 Å². The lowest BCUT2D eigenvalue weighted by atomic mass is 10.0. The number of methoxy groups -OCH3 is 1. The third kappa shape index (κ3) is 2.69. The van der Waals surface area contributed by atoms with Crippen LogP contribution in [-0.2, 0) is 17.8 Å².